The first-order valence-corrected chi connectivity index (χ1v) is 10.5. The van der Waals surface area contributed by atoms with Gasteiger partial charge in [0, 0.05) is 43.3 Å². The second-order valence-electron chi connectivity index (χ2n) is 6.23. The highest BCUT2D eigenvalue weighted by atomic mass is 35.5. The Morgan fingerprint density at radius 2 is 1.54 bits per heavy atom. The van der Waals surface area contributed by atoms with Crippen LogP contribution in [-0.2, 0) is 14.6 Å². The average molecular weight is 393 g/mol. The number of amides is 1. The van der Waals surface area contributed by atoms with Gasteiger partial charge in [0.15, 0.2) is 9.84 Å². The van der Waals surface area contributed by atoms with E-state index in [-0.39, 0.29) is 23.0 Å². The molecule has 0 radical (unpaired) electrons. The van der Waals surface area contributed by atoms with Crippen LogP contribution in [-0.4, -0.2) is 51.2 Å². The molecule has 0 unspecified atom stereocenters. The third kappa shape index (κ3) is 4.56. The molecule has 1 aliphatic rings. The third-order valence-electron chi connectivity index (χ3n) is 4.51. The van der Waals surface area contributed by atoms with Crippen molar-refractivity contribution < 1.29 is 13.2 Å². The van der Waals surface area contributed by atoms with E-state index in [1.807, 2.05) is 18.2 Å². The zero-order valence-electron chi connectivity index (χ0n) is 14.3. The van der Waals surface area contributed by atoms with Crippen LogP contribution < -0.4 is 4.90 Å². The van der Waals surface area contributed by atoms with Crippen molar-refractivity contribution in [2.75, 3.05) is 36.8 Å². The van der Waals surface area contributed by atoms with Crippen LogP contribution >= 0.6 is 11.6 Å². The van der Waals surface area contributed by atoms with Gasteiger partial charge in [-0.2, -0.15) is 0 Å². The molecule has 0 aliphatic carbocycles. The summed E-state index contributed by atoms with van der Waals surface area (Å²) in [5, 5.41) is 0.483. The summed E-state index contributed by atoms with van der Waals surface area (Å²) in [6, 6.07) is 16.1. The zero-order valence-corrected chi connectivity index (χ0v) is 15.9. The van der Waals surface area contributed by atoms with Crippen LogP contribution in [0.25, 0.3) is 0 Å². The lowest BCUT2D eigenvalue weighted by molar-refractivity contribution is -0.131. The Bertz CT molecular complexity index is 846. The predicted molar refractivity (Wildman–Crippen MR) is 103 cm³/mol. The van der Waals surface area contributed by atoms with Crippen molar-refractivity contribution in [3.8, 4) is 0 Å². The van der Waals surface area contributed by atoms with Crippen LogP contribution in [0.5, 0.6) is 0 Å². The van der Waals surface area contributed by atoms with Crippen molar-refractivity contribution in [3.63, 3.8) is 0 Å². The zero-order chi connectivity index (χ0) is 18.6. The molecule has 0 aromatic heterocycles. The highest BCUT2D eigenvalue weighted by Crippen LogP contribution is 2.18. The van der Waals surface area contributed by atoms with Gasteiger partial charge in [-0.1, -0.05) is 29.8 Å². The van der Waals surface area contributed by atoms with Crippen LogP contribution in [0.2, 0.25) is 5.02 Å². The normalized spacial score (nSPS) is 15.1. The first-order valence-electron chi connectivity index (χ1n) is 8.52. The number of hydrogen-bond donors (Lipinski definition) is 0. The minimum Gasteiger partial charge on any atom is -0.368 e. The van der Waals surface area contributed by atoms with E-state index in [2.05, 4.69) is 17.0 Å². The van der Waals surface area contributed by atoms with E-state index in [4.69, 9.17) is 11.6 Å². The Balaban J connectivity index is 1.52. The van der Waals surface area contributed by atoms with Crippen molar-refractivity contribution in [2.45, 2.75) is 11.3 Å². The lowest BCUT2D eigenvalue weighted by atomic mass is 10.2. The van der Waals surface area contributed by atoms with Crippen LogP contribution in [0.15, 0.2) is 59.5 Å². The number of nitrogens with zero attached hydrogens (tertiary/aromatic N) is 2. The largest absolute Gasteiger partial charge is 0.368 e. The molecule has 138 valence electrons. The van der Waals surface area contributed by atoms with Gasteiger partial charge in [0.1, 0.15) is 0 Å². The SMILES string of the molecule is O=C(CCS(=O)(=O)c1ccc(Cl)cc1)N1CCN(c2ccccc2)CC1. The molecule has 0 atom stereocenters. The molecule has 0 N–H and O–H groups in total. The molecule has 1 fully saturated rings. The van der Waals surface area contributed by atoms with Crippen molar-refractivity contribution >= 4 is 33.0 Å². The summed E-state index contributed by atoms with van der Waals surface area (Å²) in [5.41, 5.74) is 1.14. The summed E-state index contributed by atoms with van der Waals surface area (Å²) in [4.78, 5) is 16.6. The number of hydrogen-bond acceptors (Lipinski definition) is 4. The first kappa shape index (κ1) is 18.7. The standard InChI is InChI=1S/C19H21ClN2O3S/c20-16-6-8-18(9-7-16)26(24,25)15-10-19(23)22-13-11-21(12-14-22)17-4-2-1-3-5-17/h1-9H,10-15H2. The molecule has 1 heterocycles. The lowest BCUT2D eigenvalue weighted by Gasteiger charge is -2.36. The highest BCUT2D eigenvalue weighted by Gasteiger charge is 2.23. The van der Waals surface area contributed by atoms with E-state index in [1.54, 1.807) is 17.0 Å². The number of piperazine rings is 1. The van der Waals surface area contributed by atoms with E-state index in [0.29, 0.717) is 18.1 Å². The van der Waals surface area contributed by atoms with Crippen molar-refractivity contribution in [3.05, 3.63) is 59.6 Å². The van der Waals surface area contributed by atoms with Gasteiger partial charge in [-0.25, -0.2) is 8.42 Å². The van der Waals surface area contributed by atoms with Gasteiger partial charge in [-0.05, 0) is 36.4 Å². The summed E-state index contributed by atoms with van der Waals surface area (Å²) in [6.07, 6.45) is -0.00367. The van der Waals surface area contributed by atoms with E-state index < -0.39 is 9.84 Å². The molecular weight excluding hydrogens is 372 g/mol. The second-order valence-corrected chi connectivity index (χ2v) is 8.77. The van der Waals surface area contributed by atoms with Crippen LogP contribution in [0.1, 0.15) is 6.42 Å². The summed E-state index contributed by atoms with van der Waals surface area (Å²) in [6.45, 7) is 2.71. The maximum atomic E-state index is 12.4. The van der Waals surface area contributed by atoms with Crippen molar-refractivity contribution in [1.82, 2.24) is 4.90 Å². The van der Waals surface area contributed by atoms with Gasteiger partial charge in [0.2, 0.25) is 5.91 Å². The van der Waals surface area contributed by atoms with Gasteiger partial charge in [-0.3, -0.25) is 4.79 Å². The average Bonchev–Trinajstić information content (AvgIpc) is 2.67. The van der Waals surface area contributed by atoms with Crippen LogP contribution in [0, 0.1) is 0 Å². The molecular formula is C19H21ClN2O3S. The fourth-order valence-electron chi connectivity index (χ4n) is 2.99. The second kappa shape index (κ2) is 8.10. The maximum Gasteiger partial charge on any atom is 0.223 e. The summed E-state index contributed by atoms with van der Waals surface area (Å²) < 4.78 is 24.7. The Kier molecular flexibility index (Phi) is 5.84. The number of anilines is 1. The molecule has 7 heteroatoms. The number of carbonyl (C=O) groups excluding carboxylic acids is 1. The number of carbonyl (C=O) groups is 1. The number of benzene rings is 2. The van der Waals surface area contributed by atoms with E-state index in [9.17, 15) is 13.2 Å². The number of para-hydroxylation sites is 1. The molecule has 1 amide bonds. The fourth-order valence-corrected chi connectivity index (χ4v) is 4.35. The van der Waals surface area contributed by atoms with Gasteiger partial charge in [-0.15, -0.1) is 0 Å². The number of rotatable bonds is 5. The number of sulfone groups is 1. The molecule has 0 saturated carbocycles. The topological polar surface area (TPSA) is 57.7 Å². The molecule has 1 saturated heterocycles. The van der Waals surface area contributed by atoms with Crippen molar-refractivity contribution in [1.29, 1.82) is 0 Å². The van der Waals surface area contributed by atoms with Gasteiger partial charge >= 0.3 is 0 Å². The Morgan fingerprint density at radius 3 is 2.15 bits per heavy atom. The summed E-state index contributed by atoms with van der Waals surface area (Å²) in [7, 11) is -3.48. The Hall–Kier alpha value is -2.05. The molecule has 1 aliphatic heterocycles. The molecule has 2 aromatic carbocycles. The predicted octanol–water partition coefficient (Wildman–Crippen LogP) is 2.85. The van der Waals surface area contributed by atoms with E-state index in [1.165, 1.54) is 12.1 Å². The van der Waals surface area contributed by atoms with Crippen LogP contribution in [0.3, 0.4) is 0 Å². The minimum atomic E-state index is -3.48. The minimum absolute atomic E-state index is 0.00367. The molecule has 26 heavy (non-hydrogen) atoms. The maximum absolute atomic E-state index is 12.4. The molecule has 2 aromatic rings. The molecule has 0 bridgehead atoms. The van der Waals surface area contributed by atoms with Gasteiger partial charge in [0.05, 0.1) is 10.6 Å². The quantitative estimate of drug-likeness (QED) is 0.785. The molecule has 3 rings (SSSR count). The smallest absolute Gasteiger partial charge is 0.223 e. The lowest BCUT2D eigenvalue weighted by Crippen LogP contribution is -2.49. The number of halogens is 1. The Labute approximate surface area is 159 Å². The molecule has 5 nitrogen and oxygen atoms in total. The monoisotopic (exact) mass is 392 g/mol. The highest BCUT2D eigenvalue weighted by molar-refractivity contribution is 7.91. The van der Waals surface area contributed by atoms with Gasteiger partial charge < -0.3 is 9.80 Å². The van der Waals surface area contributed by atoms with E-state index >= 15 is 0 Å². The summed E-state index contributed by atoms with van der Waals surface area (Å²) in [5.74, 6) is -0.304. The summed E-state index contributed by atoms with van der Waals surface area (Å²) >= 11 is 5.79. The van der Waals surface area contributed by atoms with Gasteiger partial charge in [0.25, 0.3) is 0 Å². The third-order valence-corrected chi connectivity index (χ3v) is 6.50. The fraction of sp³-hybridized carbons (Fsp3) is 0.316. The molecule has 0 spiro atoms. The van der Waals surface area contributed by atoms with Crippen LogP contribution in [0.4, 0.5) is 5.69 Å². The Morgan fingerprint density at radius 1 is 0.923 bits per heavy atom. The van der Waals surface area contributed by atoms with Crippen molar-refractivity contribution in [2.24, 2.45) is 0 Å². The van der Waals surface area contributed by atoms with E-state index in [0.717, 1.165) is 18.8 Å². The first-order chi connectivity index (χ1) is 12.5.